The summed E-state index contributed by atoms with van der Waals surface area (Å²) in [6.45, 7) is 0.799. The second-order valence-corrected chi connectivity index (χ2v) is 10.8. The summed E-state index contributed by atoms with van der Waals surface area (Å²) in [5, 5.41) is 0.447. The number of nitrogens with zero attached hydrogens (tertiary/aromatic N) is 1. The Balaban J connectivity index is 1.91. The Hall–Kier alpha value is -0.670. The van der Waals surface area contributed by atoms with Crippen LogP contribution < -0.4 is 0 Å². The molecule has 24 heavy (non-hydrogen) atoms. The van der Waals surface area contributed by atoms with Crippen LogP contribution in [0, 0.1) is 0 Å². The third kappa shape index (κ3) is 3.94. The molecule has 2 aliphatic rings. The molecule has 0 spiro atoms. The van der Waals surface area contributed by atoms with Crippen molar-refractivity contribution in [2.75, 3.05) is 24.7 Å². The molecule has 2 atom stereocenters. The zero-order valence-corrected chi connectivity index (χ0v) is 15.5. The average molecular weight is 394 g/mol. The number of hydrogen-bond acceptors (Lipinski definition) is 5. The lowest BCUT2D eigenvalue weighted by atomic mass is 10.2. The van der Waals surface area contributed by atoms with Crippen LogP contribution in [0.15, 0.2) is 29.2 Å². The number of halogens is 1. The predicted octanol–water partition coefficient (Wildman–Crippen LogP) is 1.70. The van der Waals surface area contributed by atoms with Crippen molar-refractivity contribution in [3.8, 4) is 0 Å². The molecule has 0 N–H and O–H groups in total. The van der Waals surface area contributed by atoms with Gasteiger partial charge < -0.3 is 4.74 Å². The molecule has 2 aliphatic heterocycles. The van der Waals surface area contributed by atoms with Gasteiger partial charge >= 0.3 is 0 Å². The van der Waals surface area contributed by atoms with Crippen molar-refractivity contribution in [2.45, 2.75) is 36.3 Å². The van der Waals surface area contributed by atoms with E-state index in [1.807, 2.05) is 0 Å². The van der Waals surface area contributed by atoms with E-state index in [1.54, 1.807) is 0 Å². The van der Waals surface area contributed by atoms with Gasteiger partial charge in [-0.2, -0.15) is 4.31 Å². The predicted molar refractivity (Wildman–Crippen MR) is 91.4 cm³/mol. The molecule has 1 aromatic carbocycles. The van der Waals surface area contributed by atoms with Crippen molar-refractivity contribution >= 4 is 31.5 Å². The molecule has 6 nitrogen and oxygen atoms in total. The Morgan fingerprint density at radius 1 is 1.21 bits per heavy atom. The van der Waals surface area contributed by atoms with Crippen molar-refractivity contribution in [1.29, 1.82) is 0 Å². The molecule has 1 aromatic rings. The van der Waals surface area contributed by atoms with E-state index in [9.17, 15) is 16.8 Å². The third-order valence-corrected chi connectivity index (χ3v) is 8.38. The smallest absolute Gasteiger partial charge is 0.243 e. The Kier molecular flexibility index (Phi) is 5.22. The molecule has 0 bridgehead atoms. The van der Waals surface area contributed by atoms with Crippen molar-refractivity contribution in [3.05, 3.63) is 29.3 Å². The number of sulfone groups is 1. The van der Waals surface area contributed by atoms with Crippen LogP contribution in [0.3, 0.4) is 0 Å². The maximum atomic E-state index is 13.1. The molecule has 0 aromatic heterocycles. The molecule has 0 unspecified atom stereocenters. The molecule has 2 saturated heterocycles. The van der Waals surface area contributed by atoms with Gasteiger partial charge in [-0.3, -0.25) is 0 Å². The van der Waals surface area contributed by atoms with Crippen molar-refractivity contribution in [3.63, 3.8) is 0 Å². The fourth-order valence-corrected chi connectivity index (χ4v) is 6.81. The van der Waals surface area contributed by atoms with Crippen LogP contribution in [-0.2, 0) is 24.6 Å². The number of sulfonamides is 1. The first kappa shape index (κ1) is 18.1. The first-order valence-corrected chi connectivity index (χ1v) is 11.5. The van der Waals surface area contributed by atoms with Gasteiger partial charge in [0.1, 0.15) is 0 Å². The molecule has 0 saturated carbocycles. The monoisotopic (exact) mass is 393 g/mol. The van der Waals surface area contributed by atoms with Crippen molar-refractivity contribution in [1.82, 2.24) is 4.31 Å². The van der Waals surface area contributed by atoms with E-state index in [-0.39, 0.29) is 29.0 Å². The van der Waals surface area contributed by atoms with Gasteiger partial charge in [-0.05, 0) is 43.5 Å². The van der Waals surface area contributed by atoms with Gasteiger partial charge in [0, 0.05) is 24.2 Å². The Morgan fingerprint density at radius 2 is 1.92 bits per heavy atom. The quantitative estimate of drug-likeness (QED) is 0.760. The number of rotatable bonds is 5. The summed E-state index contributed by atoms with van der Waals surface area (Å²) in [5.41, 5.74) is 0. The van der Waals surface area contributed by atoms with Crippen LogP contribution in [0.5, 0.6) is 0 Å². The van der Waals surface area contributed by atoms with Crippen LogP contribution in [-0.4, -0.2) is 57.9 Å². The Bertz CT molecular complexity index is 786. The molecule has 0 amide bonds. The van der Waals surface area contributed by atoms with E-state index in [4.69, 9.17) is 16.3 Å². The van der Waals surface area contributed by atoms with Gasteiger partial charge in [0.2, 0.25) is 10.0 Å². The second kappa shape index (κ2) is 6.92. The highest BCUT2D eigenvalue weighted by Gasteiger charge is 2.40. The molecular formula is C15H20ClNO5S2. The normalized spacial score (nSPS) is 26.9. The van der Waals surface area contributed by atoms with Crippen LogP contribution in [0.4, 0.5) is 0 Å². The number of hydrogen-bond donors (Lipinski definition) is 0. The second-order valence-electron chi connectivity index (χ2n) is 6.22. The summed E-state index contributed by atoms with van der Waals surface area (Å²) in [6.07, 6.45) is 1.81. The fourth-order valence-electron chi connectivity index (χ4n) is 3.18. The molecule has 134 valence electrons. The average Bonchev–Trinajstić information content (AvgIpc) is 3.14. The summed E-state index contributed by atoms with van der Waals surface area (Å²) in [7, 11) is -7.00. The molecule has 2 fully saturated rings. The van der Waals surface area contributed by atoms with Crippen molar-refractivity contribution in [2.24, 2.45) is 0 Å². The fraction of sp³-hybridized carbons (Fsp3) is 0.600. The maximum Gasteiger partial charge on any atom is 0.243 e. The van der Waals surface area contributed by atoms with Gasteiger partial charge in [0.25, 0.3) is 0 Å². The van der Waals surface area contributed by atoms with E-state index in [1.165, 1.54) is 28.6 Å². The van der Waals surface area contributed by atoms with Crippen LogP contribution >= 0.6 is 11.6 Å². The summed E-state index contributed by atoms with van der Waals surface area (Å²) in [4.78, 5) is 0.120. The highest BCUT2D eigenvalue weighted by atomic mass is 35.5. The van der Waals surface area contributed by atoms with Crippen molar-refractivity contribution < 1.29 is 21.6 Å². The van der Waals surface area contributed by atoms with Crippen LogP contribution in [0.2, 0.25) is 5.02 Å². The SMILES string of the molecule is O=S1(=O)CC[C@@H](N(C[C@H]2CCCO2)S(=O)(=O)c2ccc(Cl)cc2)C1. The highest BCUT2D eigenvalue weighted by Crippen LogP contribution is 2.28. The van der Waals surface area contributed by atoms with Crippen LogP contribution in [0.25, 0.3) is 0 Å². The largest absolute Gasteiger partial charge is 0.377 e. The van der Waals surface area contributed by atoms with E-state index in [0.29, 0.717) is 18.1 Å². The maximum absolute atomic E-state index is 13.1. The number of benzene rings is 1. The first-order chi connectivity index (χ1) is 11.3. The standard InChI is InChI=1S/C15H20ClNO5S2/c16-12-3-5-15(6-4-12)24(20,21)17(10-14-2-1-8-22-14)13-7-9-23(18,19)11-13/h3-6,13-14H,1-2,7-11H2/t13-,14-/m1/s1. The minimum atomic E-state index is -3.81. The molecular weight excluding hydrogens is 374 g/mol. The Labute approximate surface area is 147 Å². The minimum absolute atomic E-state index is 0.0236. The number of ether oxygens (including phenoxy) is 1. The first-order valence-electron chi connectivity index (χ1n) is 7.87. The van der Waals surface area contributed by atoms with Gasteiger partial charge in [0.05, 0.1) is 22.5 Å². The van der Waals surface area contributed by atoms with E-state index < -0.39 is 25.9 Å². The third-order valence-electron chi connectivity index (χ3n) is 4.44. The summed E-state index contributed by atoms with van der Waals surface area (Å²) >= 11 is 5.84. The minimum Gasteiger partial charge on any atom is -0.377 e. The Morgan fingerprint density at radius 3 is 2.46 bits per heavy atom. The van der Waals surface area contributed by atoms with Gasteiger partial charge in [-0.15, -0.1) is 0 Å². The summed E-state index contributed by atoms with van der Waals surface area (Å²) in [6, 6.07) is 5.39. The summed E-state index contributed by atoms with van der Waals surface area (Å²) in [5.74, 6) is -0.109. The van der Waals surface area contributed by atoms with Gasteiger partial charge in [-0.1, -0.05) is 11.6 Å². The zero-order chi connectivity index (χ0) is 17.4. The highest BCUT2D eigenvalue weighted by molar-refractivity contribution is 7.92. The molecule has 3 rings (SSSR count). The lowest BCUT2D eigenvalue weighted by molar-refractivity contribution is 0.0877. The van der Waals surface area contributed by atoms with E-state index in [0.717, 1.165) is 12.8 Å². The lowest BCUT2D eigenvalue weighted by Gasteiger charge is -2.29. The van der Waals surface area contributed by atoms with Gasteiger partial charge in [-0.25, -0.2) is 16.8 Å². The molecule has 0 aliphatic carbocycles. The van der Waals surface area contributed by atoms with E-state index >= 15 is 0 Å². The molecule has 0 radical (unpaired) electrons. The molecule has 2 heterocycles. The zero-order valence-electron chi connectivity index (χ0n) is 13.1. The molecule has 9 heteroatoms. The van der Waals surface area contributed by atoms with Gasteiger partial charge in [0.15, 0.2) is 9.84 Å². The topological polar surface area (TPSA) is 80.8 Å². The van der Waals surface area contributed by atoms with E-state index in [2.05, 4.69) is 0 Å². The van der Waals surface area contributed by atoms with Crippen LogP contribution in [0.1, 0.15) is 19.3 Å². The lowest BCUT2D eigenvalue weighted by Crippen LogP contribution is -2.45. The summed E-state index contributed by atoms with van der Waals surface area (Å²) < 4.78 is 56.6.